The van der Waals surface area contributed by atoms with Crippen molar-refractivity contribution in [2.75, 3.05) is 0 Å². The fourth-order valence-corrected chi connectivity index (χ4v) is 2.81. The summed E-state index contributed by atoms with van der Waals surface area (Å²) < 4.78 is 3.65. The number of hydrogen-bond acceptors (Lipinski definition) is 5. The average Bonchev–Trinajstić information content (AvgIpc) is 3.10. The zero-order chi connectivity index (χ0) is 13.4. The van der Waals surface area contributed by atoms with Crippen LogP contribution >= 0.6 is 11.3 Å². The van der Waals surface area contributed by atoms with Crippen LogP contribution in [0.3, 0.4) is 0 Å². The number of aliphatic hydroxyl groups is 1. The number of aromatic nitrogens is 5. The maximum Gasteiger partial charge on any atom is 0.196 e. The Morgan fingerprint density at radius 3 is 2.79 bits per heavy atom. The second-order valence-electron chi connectivity index (χ2n) is 4.16. The smallest absolute Gasteiger partial charge is 0.196 e. The van der Waals surface area contributed by atoms with Gasteiger partial charge in [0.25, 0.3) is 0 Å². The molecule has 0 aliphatic carbocycles. The normalized spacial score (nSPS) is 11.5. The summed E-state index contributed by atoms with van der Waals surface area (Å²) in [5.74, 6) is 2.35. The molecule has 3 heterocycles. The van der Waals surface area contributed by atoms with Crippen LogP contribution in [-0.2, 0) is 19.4 Å². The van der Waals surface area contributed by atoms with Crippen LogP contribution in [0, 0.1) is 0 Å². The van der Waals surface area contributed by atoms with Gasteiger partial charge in [0, 0.05) is 24.4 Å². The van der Waals surface area contributed by atoms with Crippen molar-refractivity contribution in [2.45, 2.75) is 33.3 Å². The topological polar surface area (TPSA) is 68.2 Å². The predicted molar refractivity (Wildman–Crippen MR) is 72.7 cm³/mol. The van der Waals surface area contributed by atoms with Gasteiger partial charge in [0.05, 0.1) is 12.3 Å². The number of aryl methyl sites for hydroxylation is 2. The van der Waals surface area contributed by atoms with Crippen LogP contribution in [0.25, 0.3) is 10.8 Å². The van der Waals surface area contributed by atoms with Gasteiger partial charge in [-0.2, -0.15) is 9.67 Å². The molecule has 0 saturated carbocycles. The van der Waals surface area contributed by atoms with E-state index in [2.05, 4.69) is 15.1 Å². The van der Waals surface area contributed by atoms with Gasteiger partial charge >= 0.3 is 0 Å². The second kappa shape index (κ2) is 4.75. The van der Waals surface area contributed by atoms with E-state index in [-0.39, 0.29) is 6.61 Å². The number of fused-ring (bicyclic) bond motifs is 1. The summed E-state index contributed by atoms with van der Waals surface area (Å²) >= 11 is 1.54. The average molecular weight is 277 g/mol. The van der Waals surface area contributed by atoms with Crippen molar-refractivity contribution in [1.82, 2.24) is 24.1 Å². The number of imidazole rings is 1. The summed E-state index contributed by atoms with van der Waals surface area (Å²) in [7, 11) is 0. The summed E-state index contributed by atoms with van der Waals surface area (Å²) in [5, 5.41) is 16.0. The zero-order valence-corrected chi connectivity index (χ0v) is 11.7. The molecule has 3 aromatic rings. The van der Waals surface area contributed by atoms with Gasteiger partial charge in [-0.05, 0) is 0 Å². The highest BCUT2D eigenvalue weighted by atomic mass is 32.1. The molecule has 0 aliphatic heterocycles. The van der Waals surface area contributed by atoms with Gasteiger partial charge in [0.2, 0.25) is 0 Å². The molecule has 3 aromatic heterocycles. The lowest BCUT2D eigenvalue weighted by Gasteiger charge is -2.02. The minimum absolute atomic E-state index is 0.0717. The summed E-state index contributed by atoms with van der Waals surface area (Å²) in [6, 6.07) is 0. The second-order valence-corrected chi connectivity index (χ2v) is 5.03. The van der Waals surface area contributed by atoms with Gasteiger partial charge in [-0.15, -0.1) is 16.4 Å². The minimum Gasteiger partial charge on any atom is -0.390 e. The molecular weight excluding hydrogens is 262 g/mol. The van der Waals surface area contributed by atoms with Gasteiger partial charge in [0.1, 0.15) is 5.82 Å². The van der Waals surface area contributed by atoms with E-state index >= 15 is 0 Å². The summed E-state index contributed by atoms with van der Waals surface area (Å²) in [6.07, 6.45) is 3.48. The van der Waals surface area contributed by atoms with Crippen LogP contribution in [-0.4, -0.2) is 29.3 Å². The third-order valence-corrected chi connectivity index (χ3v) is 3.80. The first-order chi connectivity index (χ1) is 9.28. The molecule has 0 unspecified atom stereocenters. The molecule has 0 aliphatic rings. The third kappa shape index (κ3) is 1.85. The van der Waals surface area contributed by atoms with E-state index in [9.17, 15) is 5.11 Å². The Labute approximate surface area is 114 Å². The van der Waals surface area contributed by atoms with Gasteiger partial charge < -0.3 is 5.11 Å². The lowest BCUT2D eigenvalue weighted by atomic mass is 10.4. The molecule has 0 amide bonds. The molecule has 0 radical (unpaired) electrons. The van der Waals surface area contributed by atoms with Crippen LogP contribution in [0.1, 0.15) is 31.2 Å². The van der Waals surface area contributed by atoms with Gasteiger partial charge in [-0.1, -0.05) is 13.8 Å². The van der Waals surface area contributed by atoms with Crippen molar-refractivity contribution in [2.24, 2.45) is 0 Å². The summed E-state index contributed by atoms with van der Waals surface area (Å²) in [6.45, 7) is 3.99. The van der Waals surface area contributed by atoms with Crippen molar-refractivity contribution in [3.05, 3.63) is 28.9 Å². The van der Waals surface area contributed by atoms with Crippen molar-refractivity contribution in [3.8, 4) is 5.82 Å². The predicted octanol–water partition coefficient (Wildman–Crippen LogP) is 1.59. The molecule has 0 spiro atoms. The molecule has 19 heavy (non-hydrogen) atoms. The first-order valence-corrected chi connectivity index (χ1v) is 7.16. The molecule has 0 bridgehead atoms. The van der Waals surface area contributed by atoms with E-state index in [1.54, 1.807) is 4.68 Å². The molecular formula is C12H15N5OS. The molecule has 1 N–H and O–H groups in total. The molecule has 0 aromatic carbocycles. The van der Waals surface area contributed by atoms with Gasteiger partial charge in [-0.3, -0.25) is 4.40 Å². The van der Waals surface area contributed by atoms with Crippen LogP contribution in [0.4, 0.5) is 0 Å². The molecule has 7 heteroatoms. The van der Waals surface area contributed by atoms with Crippen LogP contribution < -0.4 is 0 Å². The highest BCUT2D eigenvalue weighted by Gasteiger charge is 2.18. The van der Waals surface area contributed by atoms with E-state index < -0.39 is 0 Å². The van der Waals surface area contributed by atoms with E-state index in [4.69, 9.17) is 0 Å². The number of aliphatic hydroxyl groups excluding tert-OH is 1. The summed E-state index contributed by atoms with van der Waals surface area (Å²) in [4.78, 5) is 9.89. The maximum atomic E-state index is 9.59. The van der Waals surface area contributed by atoms with Gasteiger partial charge in [-0.25, -0.2) is 4.98 Å². The largest absolute Gasteiger partial charge is 0.390 e. The number of thiazole rings is 1. The molecule has 3 rings (SSSR count). The molecule has 6 nitrogen and oxygen atoms in total. The first kappa shape index (κ1) is 12.3. The summed E-state index contributed by atoms with van der Waals surface area (Å²) in [5.41, 5.74) is 0.749. The van der Waals surface area contributed by atoms with Crippen LogP contribution in [0.15, 0.2) is 11.6 Å². The highest BCUT2D eigenvalue weighted by molar-refractivity contribution is 7.15. The maximum absolute atomic E-state index is 9.59. The Hall–Kier alpha value is -1.73. The fourth-order valence-electron chi connectivity index (χ4n) is 2.08. The Morgan fingerprint density at radius 2 is 2.11 bits per heavy atom. The van der Waals surface area contributed by atoms with Crippen molar-refractivity contribution < 1.29 is 5.11 Å². The lowest BCUT2D eigenvalue weighted by molar-refractivity contribution is 0.275. The standard InChI is InChI=1S/C12H15N5OS/c1-3-9-13-10(4-2)17(15-9)11-8(7-18)16-5-6-19-12(16)14-11/h5-6,18H,3-4,7H2,1-2H3. The monoisotopic (exact) mass is 277 g/mol. The van der Waals surface area contributed by atoms with E-state index in [1.807, 2.05) is 29.8 Å². The first-order valence-electron chi connectivity index (χ1n) is 6.28. The molecule has 0 saturated heterocycles. The van der Waals surface area contributed by atoms with Crippen molar-refractivity contribution >= 4 is 16.3 Å². The number of nitrogens with zero attached hydrogens (tertiary/aromatic N) is 5. The quantitative estimate of drug-likeness (QED) is 0.786. The Kier molecular flexibility index (Phi) is 3.08. The van der Waals surface area contributed by atoms with Gasteiger partial charge in [0.15, 0.2) is 16.6 Å². The fraction of sp³-hybridized carbons (Fsp3) is 0.417. The Bertz CT molecular complexity index is 711. The van der Waals surface area contributed by atoms with E-state index in [0.717, 1.165) is 35.1 Å². The van der Waals surface area contributed by atoms with Crippen LogP contribution in [0.2, 0.25) is 0 Å². The van der Waals surface area contributed by atoms with Crippen molar-refractivity contribution in [3.63, 3.8) is 0 Å². The SMILES string of the molecule is CCc1nc(CC)n(-c2nc3sccn3c2CO)n1. The van der Waals surface area contributed by atoms with Crippen LogP contribution in [0.5, 0.6) is 0 Å². The Morgan fingerprint density at radius 1 is 1.26 bits per heavy atom. The van der Waals surface area contributed by atoms with E-state index in [1.165, 1.54) is 11.3 Å². The molecule has 100 valence electrons. The minimum atomic E-state index is -0.0717. The van der Waals surface area contributed by atoms with E-state index in [0.29, 0.717) is 5.82 Å². The van der Waals surface area contributed by atoms with Crippen molar-refractivity contribution in [1.29, 1.82) is 0 Å². The molecule has 0 atom stereocenters. The number of rotatable bonds is 4. The highest BCUT2D eigenvalue weighted by Crippen LogP contribution is 2.21. The Balaban J connectivity index is 2.22. The zero-order valence-electron chi connectivity index (χ0n) is 10.9. The number of hydrogen-bond donors (Lipinski definition) is 1. The lowest BCUT2D eigenvalue weighted by Crippen LogP contribution is -2.06. The third-order valence-electron chi connectivity index (χ3n) is 3.04. The molecule has 0 fully saturated rings.